The van der Waals surface area contributed by atoms with Crippen molar-refractivity contribution in [3.8, 4) is 5.75 Å². The largest absolute Gasteiger partial charge is 0.496 e. The summed E-state index contributed by atoms with van der Waals surface area (Å²) in [7, 11) is 2.86. The maximum Gasteiger partial charge on any atom is 0.343 e. The second-order valence-corrected chi connectivity index (χ2v) is 5.28. The summed E-state index contributed by atoms with van der Waals surface area (Å²) in [6, 6.07) is 3.55. The predicted molar refractivity (Wildman–Crippen MR) is 83.5 cm³/mol. The highest BCUT2D eigenvalue weighted by atomic mass is 16.5. The minimum absolute atomic E-state index is 0.320. The van der Waals surface area contributed by atoms with Crippen molar-refractivity contribution in [2.24, 2.45) is 0 Å². The Morgan fingerprint density at radius 2 is 1.95 bits per heavy atom. The predicted octanol–water partition coefficient (Wildman–Crippen LogP) is 2.42. The quantitative estimate of drug-likeness (QED) is 0.811. The maximum atomic E-state index is 12.0. The van der Waals surface area contributed by atoms with Crippen LogP contribution in [0.3, 0.4) is 0 Å². The molecule has 1 aromatic carbocycles. The Balaban J connectivity index is 2.08. The third-order valence-corrected chi connectivity index (χ3v) is 3.95. The summed E-state index contributed by atoms with van der Waals surface area (Å²) in [5, 5.41) is 0. The standard InChI is InChI=1S/C16H19N3O3/c1-21-12-7-6-11-15(14(12)16(20)22-2)17-10-13(18-11)19-8-4-3-5-9-19/h6-7,10H,3-5,8-9H2,1-2H3. The molecule has 1 aliphatic rings. The molecule has 0 bridgehead atoms. The summed E-state index contributed by atoms with van der Waals surface area (Å²) in [5.41, 5.74) is 1.50. The molecule has 1 aliphatic heterocycles. The molecule has 1 fully saturated rings. The van der Waals surface area contributed by atoms with Gasteiger partial charge >= 0.3 is 5.97 Å². The fourth-order valence-electron chi connectivity index (χ4n) is 2.80. The zero-order valence-corrected chi connectivity index (χ0v) is 12.8. The van der Waals surface area contributed by atoms with E-state index >= 15 is 0 Å². The highest BCUT2D eigenvalue weighted by Gasteiger charge is 2.20. The normalized spacial score (nSPS) is 14.9. The number of nitrogens with zero attached hydrogens (tertiary/aromatic N) is 3. The lowest BCUT2D eigenvalue weighted by Crippen LogP contribution is -2.30. The third-order valence-electron chi connectivity index (χ3n) is 3.95. The van der Waals surface area contributed by atoms with E-state index in [1.54, 1.807) is 12.3 Å². The van der Waals surface area contributed by atoms with Gasteiger partial charge < -0.3 is 14.4 Å². The first-order valence-corrected chi connectivity index (χ1v) is 7.41. The van der Waals surface area contributed by atoms with Crippen LogP contribution in [0.2, 0.25) is 0 Å². The highest BCUT2D eigenvalue weighted by Crippen LogP contribution is 2.28. The van der Waals surface area contributed by atoms with Crippen LogP contribution in [-0.4, -0.2) is 43.2 Å². The molecule has 6 heteroatoms. The number of hydrogen-bond acceptors (Lipinski definition) is 6. The molecule has 2 heterocycles. The molecule has 22 heavy (non-hydrogen) atoms. The van der Waals surface area contributed by atoms with Gasteiger partial charge in [0.25, 0.3) is 0 Å². The van der Waals surface area contributed by atoms with Gasteiger partial charge in [0.2, 0.25) is 0 Å². The van der Waals surface area contributed by atoms with Crippen molar-refractivity contribution < 1.29 is 14.3 Å². The van der Waals surface area contributed by atoms with Crippen molar-refractivity contribution in [1.29, 1.82) is 0 Å². The van der Waals surface area contributed by atoms with Crippen LogP contribution in [0.1, 0.15) is 29.6 Å². The van der Waals surface area contributed by atoms with Gasteiger partial charge in [0.1, 0.15) is 22.6 Å². The summed E-state index contributed by atoms with van der Waals surface area (Å²) in [5.74, 6) is 0.829. The molecule has 6 nitrogen and oxygen atoms in total. The van der Waals surface area contributed by atoms with Crippen LogP contribution in [-0.2, 0) is 4.74 Å². The van der Waals surface area contributed by atoms with Gasteiger partial charge in [-0.1, -0.05) is 0 Å². The van der Waals surface area contributed by atoms with Crippen LogP contribution >= 0.6 is 0 Å². The minimum atomic E-state index is -0.470. The SMILES string of the molecule is COC(=O)c1c(OC)ccc2nc(N3CCCCC3)cnc12. The van der Waals surface area contributed by atoms with Crippen LogP contribution in [0.4, 0.5) is 5.82 Å². The van der Waals surface area contributed by atoms with Gasteiger partial charge in [0, 0.05) is 13.1 Å². The molecule has 0 spiro atoms. The van der Waals surface area contributed by atoms with Gasteiger partial charge in [0.15, 0.2) is 0 Å². The Morgan fingerprint density at radius 1 is 1.18 bits per heavy atom. The van der Waals surface area contributed by atoms with E-state index < -0.39 is 5.97 Å². The molecule has 0 N–H and O–H groups in total. The molecule has 0 unspecified atom stereocenters. The summed E-state index contributed by atoms with van der Waals surface area (Å²) in [6.07, 6.45) is 5.34. The van der Waals surface area contributed by atoms with Crippen molar-refractivity contribution in [1.82, 2.24) is 9.97 Å². The smallest absolute Gasteiger partial charge is 0.343 e. The monoisotopic (exact) mass is 301 g/mol. The van der Waals surface area contributed by atoms with Crippen molar-refractivity contribution in [2.45, 2.75) is 19.3 Å². The number of methoxy groups -OCH3 is 2. The second-order valence-electron chi connectivity index (χ2n) is 5.28. The molecule has 0 saturated carbocycles. The lowest BCUT2D eigenvalue weighted by molar-refractivity contribution is 0.0599. The molecule has 116 valence electrons. The summed E-state index contributed by atoms with van der Waals surface area (Å²) in [6.45, 7) is 2.00. The average molecular weight is 301 g/mol. The zero-order chi connectivity index (χ0) is 15.5. The van der Waals surface area contributed by atoms with Crippen LogP contribution in [0.5, 0.6) is 5.75 Å². The molecule has 1 saturated heterocycles. The van der Waals surface area contributed by atoms with Gasteiger partial charge in [-0.25, -0.2) is 14.8 Å². The Kier molecular flexibility index (Phi) is 4.09. The van der Waals surface area contributed by atoms with Crippen molar-refractivity contribution >= 4 is 22.8 Å². The topological polar surface area (TPSA) is 64.6 Å². The van der Waals surface area contributed by atoms with Gasteiger partial charge in [-0.3, -0.25) is 0 Å². The van der Waals surface area contributed by atoms with E-state index in [0.717, 1.165) is 18.9 Å². The van der Waals surface area contributed by atoms with Crippen LogP contribution in [0.15, 0.2) is 18.3 Å². The fourth-order valence-corrected chi connectivity index (χ4v) is 2.80. The van der Waals surface area contributed by atoms with Gasteiger partial charge in [-0.05, 0) is 31.4 Å². The third kappa shape index (κ3) is 2.56. The van der Waals surface area contributed by atoms with E-state index in [-0.39, 0.29) is 0 Å². The Hall–Kier alpha value is -2.37. The molecule has 2 aromatic rings. The summed E-state index contributed by atoms with van der Waals surface area (Å²) in [4.78, 5) is 23.3. The fraction of sp³-hybridized carbons (Fsp3) is 0.438. The molecule has 0 radical (unpaired) electrons. The minimum Gasteiger partial charge on any atom is -0.496 e. The van der Waals surface area contributed by atoms with Crippen LogP contribution < -0.4 is 9.64 Å². The summed E-state index contributed by atoms with van der Waals surface area (Å²) < 4.78 is 10.1. The number of esters is 1. The molecule has 0 aliphatic carbocycles. The van der Waals surface area contributed by atoms with Crippen LogP contribution in [0, 0.1) is 0 Å². The van der Waals surface area contributed by atoms with Gasteiger partial charge in [-0.15, -0.1) is 0 Å². The number of carbonyl (C=O) groups excluding carboxylic acids is 1. The number of anilines is 1. The first kappa shape index (κ1) is 14.6. The number of piperidine rings is 1. The van der Waals surface area contributed by atoms with E-state index in [9.17, 15) is 4.79 Å². The molecule has 0 amide bonds. The number of benzene rings is 1. The van der Waals surface area contributed by atoms with Crippen molar-refractivity contribution in [2.75, 3.05) is 32.2 Å². The second kappa shape index (κ2) is 6.17. The highest BCUT2D eigenvalue weighted by molar-refractivity contribution is 6.04. The molecule has 1 aromatic heterocycles. The van der Waals surface area contributed by atoms with E-state index in [2.05, 4.69) is 14.9 Å². The van der Waals surface area contributed by atoms with E-state index in [0.29, 0.717) is 22.3 Å². The lowest BCUT2D eigenvalue weighted by atomic mass is 10.1. The number of carbonyl (C=O) groups is 1. The van der Waals surface area contributed by atoms with Crippen LogP contribution in [0.25, 0.3) is 11.0 Å². The van der Waals surface area contributed by atoms with Crippen molar-refractivity contribution in [3.63, 3.8) is 0 Å². The number of hydrogen-bond donors (Lipinski definition) is 0. The van der Waals surface area contributed by atoms with E-state index in [4.69, 9.17) is 9.47 Å². The number of ether oxygens (including phenoxy) is 2. The van der Waals surface area contributed by atoms with E-state index in [1.165, 1.54) is 33.5 Å². The maximum absolute atomic E-state index is 12.0. The molecule has 0 atom stereocenters. The number of aromatic nitrogens is 2. The Bertz CT molecular complexity index is 696. The number of fused-ring (bicyclic) bond motifs is 1. The molecule has 3 rings (SSSR count). The van der Waals surface area contributed by atoms with Crippen molar-refractivity contribution in [3.05, 3.63) is 23.9 Å². The first-order chi connectivity index (χ1) is 10.7. The summed E-state index contributed by atoms with van der Waals surface area (Å²) >= 11 is 0. The first-order valence-electron chi connectivity index (χ1n) is 7.41. The lowest BCUT2D eigenvalue weighted by Gasteiger charge is -2.27. The van der Waals surface area contributed by atoms with E-state index in [1.807, 2.05) is 6.07 Å². The van der Waals surface area contributed by atoms with Gasteiger partial charge in [0.05, 0.1) is 25.9 Å². The molecular weight excluding hydrogens is 282 g/mol. The van der Waals surface area contributed by atoms with Gasteiger partial charge in [-0.2, -0.15) is 0 Å². The Morgan fingerprint density at radius 3 is 2.64 bits per heavy atom. The number of rotatable bonds is 3. The molecular formula is C16H19N3O3. The zero-order valence-electron chi connectivity index (χ0n) is 12.8. The average Bonchev–Trinajstić information content (AvgIpc) is 2.60. The Labute approximate surface area is 129 Å².